The first-order valence-corrected chi connectivity index (χ1v) is 6.93. The molecule has 4 heteroatoms. The standard InChI is InChI=1S/C17H18N4/c1-11-9-16(21-15-6-4-3-5-12(11)15)17(19-2)13-10-20-8-7-14(13)18/h3-10,17,19H,1-2H3,(H2,18,20). The molecule has 0 aliphatic heterocycles. The van der Waals surface area contributed by atoms with Gasteiger partial charge >= 0.3 is 0 Å². The molecular weight excluding hydrogens is 260 g/mol. The normalized spacial score (nSPS) is 12.5. The molecule has 3 rings (SSSR count). The molecule has 0 amide bonds. The predicted octanol–water partition coefficient (Wildman–Crippen LogP) is 2.83. The van der Waals surface area contributed by atoms with Crippen LogP contribution in [0, 0.1) is 6.92 Å². The van der Waals surface area contributed by atoms with Gasteiger partial charge in [0.25, 0.3) is 0 Å². The molecule has 3 N–H and O–H groups in total. The van der Waals surface area contributed by atoms with Gasteiger partial charge in [0.15, 0.2) is 0 Å². The molecule has 2 heterocycles. The SMILES string of the molecule is CNC(c1cc(C)c2ccccc2n1)c1cnccc1N. The number of hydrogen-bond donors (Lipinski definition) is 2. The van der Waals surface area contributed by atoms with E-state index in [2.05, 4.69) is 29.4 Å². The lowest BCUT2D eigenvalue weighted by Gasteiger charge is -2.19. The van der Waals surface area contributed by atoms with Crippen LogP contribution >= 0.6 is 0 Å². The summed E-state index contributed by atoms with van der Waals surface area (Å²) in [6.45, 7) is 2.10. The van der Waals surface area contributed by atoms with Crippen LogP contribution in [0.15, 0.2) is 48.8 Å². The molecule has 0 spiro atoms. The maximum absolute atomic E-state index is 6.08. The van der Waals surface area contributed by atoms with Crippen LogP contribution in [0.4, 0.5) is 5.69 Å². The Labute approximate surface area is 124 Å². The lowest BCUT2D eigenvalue weighted by molar-refractivity contribution is 0.672. The van der Waals surface area contributed by atoms with Gasteiger partial charge < -0.3 is 11.1 Å². The van der Waals surface area contributed by atoms with Crippen molar-refractivity contribution in [2.45, 2.75) is 13.0 Å². The summed E-state index contributed by atoms with van der Waals surface area (Å²) in [6, 6.07) is 12.0. The Kier molecular flexibility index (Phi) is 3.54. The third-order valence-electron chi connectivity index (χ3n) is 3.73. The van der Waals surface area contributed by atoms with E-state index in [1.165, 1.54) is 10.9 Å². The van der Waals surface area contributed by atoms with Crippen LogP contribution in [0.25, 0.3) is 10.9 Å². The van der Waals surface area contributed by atoms with Gasteiger partial charge in [-0.1, -0.05) is 18.2 Å². The zero-order valence-corrected chi connectivity index (χ0v) is 12.2. The molecule has 2 aromatic heterocycles. The molecule has 0 aliphatic carbocycles. The van der Waals surface area contributed by atoms with Crippen LogP contribution in [-0.4, -0.2) is 17.0 Å². The Morgan fingerprint density at radius 3 is 2.76 bits per heavy atom. The van der Waals surface area contributed by atoms with Crippen LogP contribution in [0.5, 0.6) is 0 Å². The number of rotatable bonds is 3. The Balaban J connectivity index is 2.16. The first-order valence-electron chi connectivity index (χ1n) is 6.93. The van der Waals surface area contributed by atoms with Crippen molar-refractivity contribution in [1.29, 1.82) is 0 Å². The van der Waals surface area contributed by atoms with Crippen LogP contribution < -0.4 is 11.1 Å². The second-order valence-corrected chi connectivity index (χ2v) is 5.11. The number of fused-ring (bicyclic) bond motifs is 1. The second-order valence-electron chi connectivity index (χ2n) is 5.11. The van der Waals surface area contributed by atoms with Gasteiger partial charge in [0.2, 0.25) is 0 Å². The lowest BCUT2D eigenvalue weighted by atomic mass is 10.0. The Hall–Kier alpha value is -2.46. The molecule has 0 bridgehead atoms. The highest BCUT2D eigenvalue weighted by atomic mass is 14.9. The maximum Gasteiger partial charge on any atom is 0.0784 e. The van der Waals surface area contributed by atoms with E-state index in [0.29, 0.717) is 0 Å². The molecule has 21 heavy (non-hydrogen) atoms. The number of nitrogens with one attached hydrogen (secondary N) is 1. The van der Waals surface area contributed by atoms with E-state index in [4.69, 9.17) is 10.7 Å². The van der Waals surface area contributed by atoms with Crippen molar-refractivity contribution in [3.63, 3.8) is 0 Å². The van der Waals surface area contributed by atoms with Crippen LogP contribution in [0.3, 0.4) is 0 Å². The minimum absolute atomic E-state index is 0.0676. The number of nitrogens with two attached hydrogens (primary N) is 1. The van der Waals surface area contributed by atoms with Gasteiger partial charge in [-0.25, -0.2) is 0 Å². The predicted molar refractivity (Wildman–Crippen MR) is 86.0 cm³/mol. The lowest BCUT2D eigenvalue weighted by Crippen LogP contribution is -2.20. The van der Waals surface area contributed by atoms with Gasteiger partial charge in [-0.05, 0) is 37.7 Å². The average Bonchev–Trinajstić information content (AvgIpc) is 2.50. The topological polar surface area (TPSA) is 63.8 Å². The van der Waals surface area contributed by atoms with E-state index in [9.17, 15) is 0 Å². The van der Waals surface area contributed by atoms with Gasteiger partial charge in [-0.2, -0.15) is 0 Å². The number of pyridine rings is 2. The molecule has 106 valence electrons. The summed E-state index contributed by atoms with van der Waals surface area (Å²) < 4.78 is 0. The number of aromatic nitrogens is 2. The van der Waals surface area contributed by atoms with Gasteiger partial charge in [0.1, 0.15) is 0 Å². The molecule has 1 unspecified atom stereocenters. The van der Waals surface area contributed by atoms with E-state index in [1.54, 1.807) is 12.4 Å². The fraction of sp³-hybridized carbons (Fsp3) is 0.176. The smallest absolute Gasteiger partial charge is 0.0784 e. The van der Waals surface area contributed by atoms with Crippen molar-refractivity contribution in [1.82, 2.24) is 15.3 Å². The fourth-order valence-corrected chi connectivity index (χ4v) is 2.64. The molecule has 0 fully saturated rings. The Bertz CT molecular complexity index is 783. The molecule has 0 saturated heterocycles. The fourth-order valence-electron chi connectivity index (χ4n) is 2.64. The molecule has 1 atom stereocenters. The first kappa shape index (κ1) is 13.5. The van der Waals surface area contributed by atoms with E-state index in [1.807, 2.05) is 31.3 Å². The quantitative estimate of drug-likeness (QED) is 0.773. The molecule has 0 saturated carbocycles. The molecule has 1 aromatic carbocycles. The van der Waals surface area contributed by atoms with Crippen LogP contribution in [0.2, 0.25) is 0 Å². The van der Waals surface area contributed by atoms with Gasteiger partial charge in [-0.15, -0.1) is 0 Å². The molecule has 4 nitrogen and oxygen atoms in total. The summed E-state index contributed by atoms with van der Waals surface area (Å²) in [5.41, 5.74) is 10.9. The summed E-state index contributed by atoms with van der Waals surface area (Å²) in [4.78, 5) is 8.96. The van der Waals surface area contributed by atoms with Gasteiger partial charge in [0.05, 0.1) is 17.3 Å². The van der Waals surface area contributed by atoms with Gasteiger partial charge in [-0.3, -0.25) is 9.97 Å². The van der Waals surface area contributed by atoms with Crippen molar-refractivity contribution in [2.75, 3.05) is 12.8 Å². The summed E-state index contributed by atoms with van der Waals surface area (Å²) >= 11 is 0. The average molecular weight is 278 g/mol. The summed E-state index contributed by atoms with van der Waals surface area (Å²) in [7, 11) is 1.91. The number of nitrogens with zero attached hydrogens (tertiary/aromatic N) is 2. The zero-order chi connectivity index (χ0) is 14.8. The van der Waals surface area contributed by atoms with Crippen LogP contribution in [-0.2, 0) is 0 Å². The number of nitrogen functional groups attached to an aromatic ring is 1. The summed E-state index contributed by atoms with van der Waals surface area (Å²) in [5, 5.41) is 4.46. The third-order valence-corrected chi connectivity index (χ3v) is 3.73. The zero-order valence-electron chi connectivity index (χ0n) is 12.2. The van der Waals surface area contributed by atoms with Crippen LogP contribution in [0.1, 0.15) is 22.9 Å². The number of benzene rings is 1. The number of anilines is 1. The molecule has 0 radical (unpaired) electrons. The maximum atomic E-state index is 6.08. The number of aryl methyl sites for hydroxylation is 1. The van der Waals surface area contributed by atoms with Crippen molar-refractivity contribution in [3.8, 4) is 0 Å². The van der Waals surface area contributed by atoms with E-state index < -0.39 is 0 Å². The molecule has 0 aliphatic rings. The second kappa shape index (κ2) is 5.50. The summed E-state index contributed by atoms with van der Waals surface area (Å²) in [6.07, 6.45) is 3.49. The minimum Gasteiger partial charge on any atom is -0.398 e. The van der Waals surface area contributed by atoms with Crippen molar-refractivity contribution >= 4 is 16.6 Å². The van der Waals surface area contributed by atoms with Crippen molar-refractivity contribution in [2.24, 2.45) is 0 Å². The summed E-state index contributed by atoms with van der Waals surface area (Å²) in [5.74, 6) is 0. The first-order chi connectivity index (χ1) is 10.2. The van der Waals surface area contributed by atoms with E-state index >= 15 is 0 Å². The van der Waals surface area contributed by atoms with Gasteiger partial charge in [0, 0.05) is 29.0 Å². The van der Waals surface area contributed by atoms with E-state index in [-0.39, 0.29) is 6.04 Å². The number of hydrogen-bond acceptors (Lipinski definition) is 4. The van der Waals surface area contributed by atoms with Crippen molar-refractivity contribution < 1.29 is 0 Å². The minimum atomic E-state index is -0.0676. The molecule has 3 aromatic rings. The highest BCUT2D eigenvalue weighted by molar-refractivity contribution is 5.82. The number of para-hydroxylation sites is 1. The highest BCUT2D eigenvalue weighted by Crippen LogP contribution is 2.27. The highest BCUT2D eigenvalue weighted by Gasteiger charge is 2.17. The Morgan fingerprint density at radius 1 is 1.19 bits per heavy atom. The van der Waals surface area contributed by atoms with E-state index in [0.717, 1.165) is 22.5 Å². The monoisotopic (exact) mass is 278 g/mol. The molecular formula is C17H18N4. The largest absolute Gasteiger partial charge is 0.398 e. The Morgan fingerprint density at radius 2 is 2.00 bits per heavy atom. The van der Waals surface area contributed by atoms with Crippen molar-refractivity contribution in [3.05, 3.63) is 65.6 Å². The third kappa shape index (κ3) is 2.45.